The molecule has 0 heterocycles. The average Bonchev–Trinajstić information content (AvgIpc) is 2.97. The van der Waals surface area contributed by atoms with Crippen LogP contribution in [0.3, 0.4) is 0 Å². The van der Waals surface area contributed by atoms with Crippen LogP contribution in [0.5, 0.6) is 0 Å². The second-order valence-corrected chi connectivity index (χ2v) is 12.0. The number of ether oxygens (including phenoxy) is 4. The summed E-state index contributed by atoms with van der Waals surface area (Å²) in [5.74, 6) is -1.27. The first kappa shape index (κ1) is 26.7. The van der Waals surface area contributed by atoms with E-state index in [1.54, 1.807) is 0 Å². The predicted molar refractivity (Wildman–Crippen MR) is 129 cm³/mol. The largest absolute Gasteiger partial charge is 0.465 e. The van der Waals surface area contributed by atoms with Crippen LogP contribution in [-0.2, 0) is 38.1 Å². The van der Waals surface area contributed by atoms with Crippen molar-refractivity contribution in [1.29, 1.82) is 0 Å². The topological polar surface area (TPSA) is 105 Å². The van der Waals surface area contributed by atoms with Crippen LogP contribution in [0, 0.1) is 34.0 Å². The summed E-state index contributed by atoms with van der Waals surface area (Å²) in [7, 11) is 0. The van der Waals surface area contributed by atoms with E-state index in [4.69, 9.17) is 18.9 Å². The maximum absolute atomic E-state index is 12.4. The summed E-state index contributed by atoms with van der Waals surface area (Å²) in [5, 5.41) is 0. The molecule has 36 heavy (non-hydrogen) atoms. The van der Waals surface area contributed by atoms with Gasteiger partial charge in [0.2, 0.25) is 0 Å². The third kappa shape index (κ3) is 4.04. The molecule has 2 bridgehead atoms. The fraction of sp³-hybridized carbons (Fsp3) is 0.786. The molecule has 4 saturated carbocycles. The van der Waals surface area contributed by atoms with Gasteiger partial charge in [0.25, 0.3) is 0 Å². The van der Waals surface area contributed by atoms with Crippen molar-refractivity contribution in [2.45, 2.75) is 98.4 Å². The van der Waals surface area contributed by atoms with Crippen molar-refractivity contribution < 1.29 is 38.1 Å². The fourth-order valence-electron chi connectivity index (χ4n) is 8.81. The Labute approximate surface area is 213 Å². The lowest BCUT2D eigenvalue weighted by Gasteiger charge is -2.67. The van der Waals surface area contributed by atoms with Gasteiger partial charge in [-0.15, -0.1) is 0 Å². The lowest BCUT2D eigenvalue weighted by Crippen LogP contribution is -2.68. The van der Waals surface area contributed by atoms with Gasteiger partial charge in [-0.2, -0.15) is 0 Å². The Morgan fingerprint density at radius 3 is 2.03 bits per heavy atom. The zero-order chi connectivity index (χ0) is 26.6. The minimum atomic E-state index is -0.673. The molecule has 4 fully saturated rings. The summed E-state index contributed by atoms with van der Waals surface area (Å²) in [6, 6.07) is 0. The molecule has 0 radical (unpaired) electrons. The van der Waals surface area contributed by atoms with E-state index in [-0.39, 0.29) is 47.7 Å². The molecule has 4 rings (SSSR count). The van der Waals surface area contributed by atoms with Gasteiger partial charge in [0.1, 0.15) is 24.9 Å². The number of hydrogen-bond acceptors (Lipinski definition) is 8. The molecular weight excluding hydrogens is 464 g/mol. The zero-order valence-corrected chi connectivity index (χ0v) is 22.4. The zero-order valence-electron chi connectivity index (χ0n) is 22.4. The molecule has 0 aromatic carbocycles. The molecule has 9 unspecified atom stereocenters. The number of hydrogen-bond donors (Lipinski definition) is 0. The van der Waals surface area contributed by atoms with E-state index in [1.807, 2.05) is 6.92 Å². The van der Waals surface area contributed by atoms with Gasteiger partial charge in [-0.1, -0.05) is 20.4 Å². The van der Waals surface area contributed by atoms with Gasteiger partial charge >= 0.3 is 23.9 Å². The lowest BCUT2D eigenvalue weighted by atomic mass is 9.39. The van der Waals surface area contributed by atoms with Crippen LogP contribution in [0.4, 0.5) is 0 Å². The van der Waals surface area contributed by atoms with E-state index in [9.17, 15) is 19.2 Å². The number of fused-ring (bicyclic) bond motifs is 3. The van der Waals surface area contributed by atoms with Gasteiger partial charge in [0, 0.05) is 33.1 Å². The van der Waals surface area contributed by atoms with E-state index in [2.05, 4.69) is 13.5 Å². The first-order valence-corrected chi connectivity index (χ1v) is 13.1. The second kappa shape index (κ2) is 9.18. The molecule has 8 nitrogen and oxygen atoms in total. The van der Waals surface area contributed by atoms with Crippen LogP contribution in [-0.4, -0.2) is 48.8 Å². The maximum atomic E-state index is 12.4. The highest BCUT2D eigenvalue weighted by Crippen LogP contribution is 2.73. The van der Waals surface area contributed by atoms with Gasteiger partial charge in [-0.05, 0) is 67.3 Å². The fourth-order valence-corrected chi connectivity index (χ4v) is 8.81. The summed E-state index contributed by atoms with van der Waals surface area (Å²) in [6.07, 6.45) is 3.09. The molecule has 1 spiro atoms. The number of carbonyl (C=O) groups is 4. The molecule has 0 aliphatic heterocycles. The minimum Gasteiger partial charge on any atom is -0.465 e. The molecule has 0 amide bonds. The predicted octanol–water partition coefficient (Wildman–Crippen LogP) is 4.14. The molecule has 8 heteroatoms. The highest BCUT2D eigenvalue weighted by Gasteiger charge is 2.73. The third-order valence-electron chi connectivity index (χ3n) is 10.0. The van der Waals surface area contributed by atoms with Crippen molar-refractivity contribution in [1.82, 2.24) is 0 Å². The van der Waals surface area contributed by atoms with Crippen LogP contribution in [0.1, 0.15) is 80.1 Å². The van der Waals surface area contributed by atoms with E-state index in [0.29, 0.717) is 12.8 Å². The van der Waals surface area contributed by atoms with Gasteiger partial charge in [-0.25, -0.2) is 0 Å². The maximum Gasteiger partial charge on any atom is 0.303 e. The van der Waals surface area contributed by atoms with Crippen molar-refractivity contribution in [3.05, 3.63) is 12.2 Å². The first-order chi connectivity index (χ1) is 16.8. The highest BCUT2D eigenvalue weighted by atomic mass is 16.6. The van der Waals surface area contributed by atoms with Crippen molar-refractivity contribution in [2.24, 2.45) is 34.0 Å². The van der Waals surface area contributed by atoms with Crippen molar-refractivity contribution in [3.8, 4) is 0 Å². The van der Waals surface area contributed by atoms with E-state index >= 15 is 0 Å². The quantitative estimate of drug-likeness (QED) is 0.312. The number of esters is 4. The van der Waals surface area contributed by atoms with Gasteiger partial charge in [0.05, 0.1) is 5.41 Å². The Kier molecular flexibility index (Phi) is 6.80. The summed E-state index contributed by atoms with van der Waals surface area (Å²) < 4.78 is 23.4. The van der Waals surface area contributed by atoms with Crippen LogP contribution >= 0.6 is 0 Å². The molecule has 0 saturated heterocycles. The SMILES string of the molecule is C=C1C2CCC3C4(C)CCC(OC(C)=O)C(C)(COC(C)=O)C4CC(OC(C)=O)C3(C2)C1OC(C)=O. The van der Waals surface area contributed by atoms with Crippen LogP contribution in [0.2, 0.25) is 0 Å². The third-order valence-corrected chi connectivity index (χ3v) is 10.0. The molecule has 0 N–H and O–H groups in total. The molecule has 0 aromatic heterocycles. The summed E-state index contributed by atoms with van der Waals surface area (Å²) in [4.78, 5) is 48.5. The number of carbonyl (C=O) groups excluding carboxylic acids is 4. The van der Waals surface area contributed by atoms with Gasteiger partial charge in [-0.3, -0.25) is 19.2 Å². The van der Waals surface area contributed by atoms with E-state index < -0.39 is 35.1 Å². The van der Waals surface area contributed by atoms with E-state index in [0.717, 1.165) is 31.3 Å². The molecule has 4 aliphatic carbocycles. The summed E-state index contributed by atoms with van der Waals surface area (Å²) in [5.41, 5.74) is -0.550. The molecule has 0 aromatic rings. The molecule has 200 valence electrons. The van der Waals surface area contributed by atoms with Gasteiger partial charge < -0.3 is 18.9 Å². The van der Waals surface area contributed by atoms with Crippen LogP contribution < -0.4 is 0 Å². The van der Waals surface area contributed by atoms with Gasteiger partial charge in [0.15, 0.2) is 0 Å². The summed E-state index contributed by atoms with van der Waals surface area (Å²) in [6.45, 7) is 14.3. The van der Waals surface area contributed by atoms with Crippen molar-refractivity contribution >= 4 is 23.9 Å². The summed E-state index contributed by atoms with van der Waals surface area (Å²) >= 11 is 0. The monoisotopic (exact) mass is 504 g/mol. The standard InChI is InChI=1S/C28H40O8/c1-15-20-8-9-21-26(6)11-10-23(34-17(3)30)27(7,14-33-16(2)29)22(26)12-24(35-18(4)31)28(21,13-20)25(15)36-19(5)32/h20-25H,1,8-14H2,2-7H3. The highest BCUT2D eigenvalue weighted by molar-refractivity contribution is 5.68. The first-order valence-electron chi connectivity index (χ1n) is 13.1. The Hall–Kier alpha value is -2.38. The second-order valence-electron chi connectivity index (χ2n) is 12.0. The molecular formula is C28H40O8. The lowest BCUT2D eigenvalue weighted by molar-refractivity contribution is -0.256. The Bertz CT molecular complexity index is 973. The van der Waals surface area contributed by atoms with Crippen molar-refractivity contribution in [2.75, 3.05) is 6.61 Å². The van der Waals surface area contributed by atoms with Crippen LogP contribution in [0.25, 0.3) is 0 Å². The van der Waals surface area contributed by atoms with E-state index in [1.165, 1.54) is 27.7 Å². The van der Waals surface area contributed by atoms with Crippen LogP contribution in [0.15, 0.2) is 12.2 Å². The Morgan fingerprint density at radius 2 is 1.44 bits per heavy atom. The van der Waals surface area contributed by atoms with Crippen molar-refractivity contribution in [3.63, 3.8) is 0 Å². The Morgan fingerprint density at radius 1 is 0.833 bits per heavy atom. The number of rotatable bonds is 5. The normalized spacial score (nSPS) is 43.0. The molecule has 4 aliphatic rings. The molecule has 9 atom stereocenters. The minimum absolute atomic E-state index is 0.0641. The smallest absolute Gasteiger partial charge is 0.303 e. The Balaban J connectivity index is 1.84. The average molecular weight is 505 g/mol.